The predicted molar refractivity (Wildman–Crippen MR) is 59.8 cm³/mol. The largest absolute Gasteiger partial charge is 0.316 e. The van der Waals surface area contributed by atoms with Crippen molar-refractivity contribution in [3.05, 3.63) is 36.2 Å². The summed E-state index contributed by atoms with van der Waals surface area (Å²) in [5, 5.41) is 4.52. The van der Waals surface area contributed by atoms with Gasteiger partial charge in [-0.3, -0.25) is 0 Å². The zero-order chi connectivity index (χ0) is 10.1. The van der Waals surface area contributed by atoms with Crippen LogP contribution in [0.5, 0.6) is 0 Å². The van der Waals surface area contributed by atoms with Crippen LogP contribution in [0.1, 0.15) is 17.9 Å². The van der Waals surface area contributed by atoms with Gasteiger partial charge in [-0.15, -0.1) is 0 Å². The van der Waals surface area contributed by atoms with Crippen LogP contribution >= 0.6 is 0 Å². The number of hydrogen-bond donors (Lipinski definition) is 1. The van der Waals surface area contributed by atoms with Crippen LogP contribution in [0, 0.1) is 0 Å². The first kappa shape index (κ1) is 8.80. The molecule has 0 bridgehead atoms. The summed E-state index contributed by atoms with van der Waals surface area (Å²) < 4.78 is 0. The third-order valence-electron chi connectivity index (χ3n) is 3.01. The summed E-state index contributed by atoms with van der Waals surface area (Å²) in [5.74, 6) is 0.627. The third kappa shape index (κ3) is 1.59. The molecule has 1 aliphatic heterocycles. The van der Waals surface area contributed by atoms with E-state index in [1.54, 1.807) is 6.20 Å². The standard InChI is InChI=1S/C12H13N3/c1-2-9-6-11(10-3-5-13-7-10)8-15-12(9)14-4-1/h1-2,4,6,8,10,13H,3,5,7H2. The summed E-state index contributed by atoms with van der Waals surface area (Å²) in [5.41, 5.74) is 2.17. The Bertz CT molecular complexity index is 475. The van der Waals surface area contributed by atoms with Crippen molar-refractivity contribution >= 4 is 11.0 Å². The molecule has 1 atom stereocenters. The highest BCUT2D eigenvalue weighted by Gasteiger charge is 2.16. The van der Waals surface area contributed by atoms with E-state index >= 15 is 0 Å². The van der Waals surface area contributed by atoms with Gasteiger partial charge >= 0.3 is 0 Å². The van der Waals surface area contributed by atoms with Crippen molar-refractivity contribution in [2.24, 2.45) is 0 Å². The molecule has 1 saturated heterocycles. The SMILES string of the molecule is c1cnc2ncc(C3CCNC3)cc2c1. The Morgan fingerprint density at radius 3 is 3.20 bits per heavy atom. The van der Waals surface area contributed by atoms with Gasteiger partial charge in [0.1, 0.15) is 0 Å². The molecular formula is C12H13N3. The number of nitrogens with one attached hydrogen (secondary N) is 1. The lowest BCUT2D eigenvalue weighted by atomic mass is 9.99. The van der Waals surface area contributed by atoms with E-state index in [1.165, 1.54) is 12.0 Å². The molecule has 3 rings (SSSR count). The van der Waals surface area contributed by atoms with E-state index in [-0.39, 0.29) is 0 Å². The molecule has 1 aliphatic rings. The van der Waals surface area contributed by atoms with Gasteiger partial charge in [0.2, 0.25) is 0 Å². The first-order valence-electron chi connectivity index (χ1n) is 5.35. The van der Waals surface area contributed by atoms with Gasteiger partial charge in [-0.1, -0.05) is 0 Å². The lowest BCUT2D eigenvalue weighted by Gasteiger charge is -2.08. The predicted octanol–water partition coefficient (Wildman–Crippen LogP) is 1.71. The van der Waals surface area contributed by atoms with Crippen LogP contribution in [0.3, 0.4) is 0 Å². The molecule has 0 radical (unpaired) electrons. The Morgan fingerprint density at radius 1 is 1.33 bits per heavy atom. The Balaban J connectivity index is 2.05. The van der Waals surface area contributed by atoms with E-state index in [1.807, 2.05) is 12.3 Å². The van der Waals surface area contributed by atoms with Gasteiger partial charge in [-0.05, 0) is 42.6 Å². The van der Waals surface area contributed by atoms with E-state index in [9.17, 15) is 0 Å². The van der Waals surface area contributed by atoms with Gasteiger partial charge in [0.15, 0.2) is 5.65 Å². The molecule has 0 aromatic carbocycles. The fraction of sp³-hybridized carbons (Fsp3) is 0.333. The van der Waals surface area contributed by atoms with Crippen LogP contribution in [0.2, 0.25) is 0 Å². The van der Waals surface area contributed by atoms with Crippen LogP contribution in [-0.4, -0.2) is 23.1 Å². The van der Waals surface area contributed by atoms with Gasteiger partial charge < -0.3 is 5.32 Å². The maximum atomic E-state index is 4.39. The van der Waals surface area contributed by atoms with Gasteiger partial charge in [-0.2, -0.15) is 0 Å². The minimum absolute atomic E-state index is 0.627. The Hall–Kier alpha value is -1.48. The van der Waals surface area contributed by atoms with Crippen molar-refractivity contribution in [1.82, 2.24) is 15.3 Å². The number of aromatic nitrogens is 2. The number of pyridine rings is 2. The van der Waals surface area contributed by atoms with E-state index < -0.39 is 0 Å². The minimum atomic E-state index is 0.627. The summed E-state index contributed by atoms with van der Waals surface area (Å²) in [6.45, 7) is 2.20. The van der Waals surface area contributed by atoms with Crippen LogP contribution in [0.25, 0.3) is 11.0 Å². The van der Waals surface area contributed by atoms with Crippen LogP contribution in [0.15, 0.2) is 30.6 Å². The fourth-order valence-corrected chi connectivity index (χ4v) is 2.14. The molecule has 2 aromatic rings. The molecule has 0 saturated carbocycles. The second-order valence-electron chi connectivity index (χ2n) is 4.01. The summed E-state index contributed by atoms with van der Waals surface area (Å²) in [7, 11) is 0. The first-order chi connectivity index (χ1) is 7.43. The van der Waals surface area contributed by atoms with E-state index in [0.29, 0.717) is 5.92 Å². The summed E-state index contributed by atoms with van der Waals surface area (Å²) >= 11 is 0. The lowest BCUT2D eigenvalue weighted by molar-refractivity contribution is 0.760. The third-order valence-corrected chi connectivity index (χ3v) is 3.01. The average molecular weight is 199 g/mol. The first-order valence-corrected chi connectivity index (χ1v) is 5.35. The van der Waals surface area contributed by atoms with Crippen LogP contribution in [-0.2, 0) is 0 Å². The Kier molecular flexibility index (Phi) is 2.10. The maximum absolute atomic E-state index is 4.39. The molecule has 3 nitrogen and oxygen atoms in total. The zero-order valence-corrected chi connectivity index (χ0v) is 8.48. The van der Waals surface area contributed by atoms with Gasteiger partial charge in [0.25, 0.3) is 0 Å². The molecule has 0 aliphatic carbocycles. The van der Waals surface area contributed by atoms with E-state index in [0.717, 1.165) is 24.1 Å². The molecular weight excluding hydrogens is 186 g/mol. The highest BCUT2D eigenvalue weighted by atomic mass is 14.9. The molecule has 1 unspecified atom stereocenters. The Labute approximate surface area is 88.6 Å². The molecule has 76 valence electrons. The van der Waals surface area contributed by atoms with Gasteiger partial charge in [0, 0.05) is 24.3 Å². The average Bonchev–Trinajstić information content (AvgIpc) is 2.82. The normalized spacial score (nSPS) is 20.9. The molecule has 15 heavy (non-hydrogen) atoms. The minimum Gasteiger partial charge on any atom is -0.316 e. The summed E-state index contributed by atoms with van der Waals surface area (Å²) in [6.07, 6.45) is 4.96. The monoisotopic (exact) mass is 199 g/mol. The lowest BCUT2D eigenvalue weighted by Crippen LogP contribution is -2.08. The maximum Gasteiger partial charge on any atom is 0.159 e. The molecule has 1 fully saturated rings. The highest BCUT2D eigenvalue weighted by molar-refractivity contribution is 5.74. The highest BCUT2D eigenvalue weighted by Crippen LogP contribution is 2.23. The molecule has 1 N–H and O–H groups in total. The number of rotatable bonds is 1. The summed E-state index contributed by atoms with van der Waals surface area (Å²) in [4.78, 5) is 8.61. The smallest absolute Gasteiger partial charge is 0.159 e. The van der Waals surface area contributed by atoms with Crippen LogP contribution < -0.4 is 5.32 Å². The number of fused-ring (bicyclic) bond motifs is 1. The number of nitrogens with zero attached hydrogens (tertiary/aromatic N) is 2. The van der Waals surface area contributed by atoms with E-state index in [4.69, 9.17) is 0 Å². The van der Waals surface area contributed by atoms with Crippen molar-refractivity contribution in [3.63, 3.8) is 0 Å². The topological polar surface area (TPSA) is 37.8 Å². The quantitative estimate of drug-likeness (QED) is 0.759. The van der Waals surface area contributed by atoms with Crippen molar-refractivity contribution in [3.8, 4) is 0 Å². The number of hydrogen-bond acceptors (Lipinski definition) is 3. The van der Waals surface area contributed by atoms with Crippen molar-refractivity contribution < 1.29 is 0 Å². The van der Waals surface area contributed by atoms with Gasteiger partial charge in [-0.25, -0.2) is 9.97 Å². The fourth-order valence-electron chi connectivity index (χ4n) is 2.14. The molecule has 0 amide bonds. The van der Waals surface area contributed by atoms with E-state index in [2.05, 4.69) is 27.4 Å². The van der Waals surface area contributed by atoms with Crippen molar-refractivity contribution in [2.75, 3.05) is 13.1 Å². The van der Waals surface area contributed by atoms with Crippen molar-refractivity contribution in [1.29, 1.82) is 0 Å². The molecule has 2 aromatic heterocycles. The molecule has 0 spiro atoms. The van der Waals surface area contributed by atoms with Crippen LogP contribution in [0.4, 0.5) is 0 Å². The van der Waals surface area contributed by atoms with Crippen molar-refractivity contribution in [2.45, 2.75) is 12.3 Å². The zero-order valence-electron chi connectivity index (χ0n) is 8.48. The second kappa shape index (κ2) is 3.59. The Morgan fingerprint density at radius 2 is 2.33 bits per heavy atom. The van der Waals surface area contributed by atoms with Gasteiger partial charge in [0.05, 0.1) is 0 Å². The molecule has 3 heteroatoms. The summed E-state index contributed by atoms with van der Waals surface area (Å²) in [6, 6.07) is 6.24. The second-order valence-corrected chi connectivity index (χ2v) is 4.01. The molecule has 3 heterocycles.